The molecule has 1 atom stereocenters. The summed E-state index contributed by atoms with van der Waals surface area (Å²) in [5.41, 5.74) is 0. The van der Waals surface area contributed by atoms with Gasteiger partial charge in [-0.05, 0) is 89.9 Å². The van der Waals surface area contributed by atoms with Crippen LogP contribution in [0.3, 0.4) is 0 Å². The topological polar surface area (TPSA) is 61.8 Å². The standard InChI is InChI=1S/C51H88O5/c1-4-7-10-13-16-18-20-22-24-26-27-29-31-33-36-38-41-44-50(52)55-48-49(56-51(53)45-42-39-35-15-12-9-6-3)47-54-46-43-40-37-34-32-30-28-25-23-21-19-17-14-11-8-5-2/h7,10,16-19,22-25,27,29,49H,4-6,8-9,11-15,20-21,26,28,30-48H2,1-3H3/b10-7-,18-16-,19-17-,24-22-,25-23-,29-27-. The Labute approximate surface area is 347 Å². The number of esters is 2. The van der Waals surface area contributed by atoms with Crippen LogP contribution in [0.1, 0.15) is 213 Å². The fourth-order valence-electron chi connectivity index (χ4n) is 6.24. The van der Waals surface area contributed by atoms with Crippen LogP contribution < -0.4 is 0 Å². The zero-order chi connectivity index (χ0) is 40.7. The van der Waals surface area contributed by atoms with Crippen molar-refractivity contribution in [2.45, 2.75) is 219 Å². The third kappa shape index (κ3) is 44.1. The van der Waals surface area contributed by atoms with Crippen LogP contribution in [0.5, 0.6) is 0 Å². The highest BCUT2D eigenvalue weighted by molar-refractivity contribution is 5.70. The van der Waals surface area contributed by atoms with Crippen LogP contribution in [-0.4, -0.2) is 37.9 Å². The molecule has 0 aromatic carbocycles. The minimum absolute atomic E-state index is 0.0666. The van der Waals surface area contributed by atoms with Crippen LogP contribution in [0.15, 0.2) is 72.9 Å². The molecule has 0 heterocycles. The molecule has 0 radical (unpaired) electrons. The van der Waals surface area contributed by atoms with Crippen LogP contribution in [0, 0.1) is 0 Å². The molecule has 0 saturated heterocycles. The number of carbonyl (C=O) groups excluding carboxylic acids is 2. The van der Waals surface area contributed by atoms with Gasteiger partial charge in [-0.3, -0.25) is 9.59 Å². The van der Waals surface area contributed by atoms with Gasteiger partial charge in [0.2, 0.25) is 0 Å². The molecule has 0 fully saturated rings. The quantitative estimate of drug-likeness (QED) is 0.0351. The number of hydrogen-bond acceptors (Lipinski definition) is 5. The average Bonchev–Trinajstić information content (AvgIpc) is 3.20. The van der Waals surface area contributed by atoms with Crippen molar-refractivity contribution >= 4 is 11.9 Å². The van der Waals surface area contributed by atoms with Gasteiger partial charge in [-0.2, -0.15) is 0 Å². The van der Waals surface area contributed by atoms with Gasteiger partial charge in [0.1, 0.15) is 6.61 Å². The lowest BCUT2D eigenvalue weighted by molar-refractivity contribution is -0.163. The first kappa shape index (κ1) is 53.3. The molecule has 5 heteroatoms. The minimum atomic E-state index is -0.549. The van der Waals surface area contributed by atoms with Crippen LogP contribution >= 0.6 is 0 Å². The largest absolute Gasteiger partial charge is 0.462 e. The Balaban J connectivity index is 4.21. The molecule has 0 aliphatic rings. The third-order valence-corrected chi connectivity index (χ3v) is 9.73. The van der Waals surface area contributed by atoms with E-state index in [-0.39, 0.29) is 25.2 Å². The molecule has 0 amide bonds. The molecule has 0 N–H and O–H groups in total. The molecule has 0 aliphatic heterocycles. The van der Waals surface area contributed by atoms with Gasteiger partial charge < -0.3 is 14.2 Å². The summed E-state index contributed by atoms with van der Waals surface area (Å²) in [5, 5.41) is 0. The number of unbranched alkanes of at least 4 members (excludes halogenated alkanes) is 19. The van der Waals surface area contributed by atoms with Crippen molar-refractivity contribution in [1.82, 2.24) is 0 Å². The van der Waals surface area contributed by atoms with E-state index < -0.39 is 6.10 Å². The fourth-order valence-corrected chi connectivity index (χ4v) is 6.24. The van der Waals surface area contributed by atoms with E-state index in [4.69, 9.17) is 14.2 Å². The van der Waals surface area contributed by atoms with Gasteiger partial charge in [-0.25, -0.2) is 0 Å². The predicted octanol–water partition coefficient (Wildman–Crippen LogP) is 15.6. The van der Waals surface area contributed by atoms with Crippen LogP contribution in [0.2, 0.25) is 0 Å². The summed E-state index contributed by atoms with van der Waals surface area (Å²) in [6.07, 6.45) is 59.1. The molecule has 0 bridgehead atoms. The highest BCUT2D eigenvalue weighted by Gasteiger charge is 2.17. The molecule has 0 aliphatic carbocycles. The van der Waals surface area contributed by atoms with Crippen molar-refractivity contribution in [3.05, 3.63) is 72.9 Å². The molecule has 0 saturated carbocycles. The second-order valence-corrected chi connectivity index (χ2v) is 15.3. The van der Waals surface area contributed by atoms with Gasteiger partial charge >= 0.3 is 11.9 Å². The normalized spacial score (nSPS) is 12.8. The molecule has 56 heavy (non-hydrogen) atoms. The predicted molar refractivity (Wildman–Crippen MR) is 242 cm³/mol. The first-order valence-corrected chi connectivity index (χ1v) is 23.5. The van der Waals surface area contributed by atoms with Crippen molar-refractivity contribution in [3.63, 3.8) is 0 Å². The monoisotopic (exact) mass is 781 g/mol. The molecule has 0 aromatic rings. The lowest BCUT2D eigenvalue weighted by atomic mass is 10.1. The number of carbonyl (C=O) groups is 2. The van der Waals surface area contributed by atoms with Gasteiger partial charge in [-0.1, -0.05) is 184 Å². The van der Waals surface area contributed by atoms with Crippen LogP contribution in [-0.2, 0) is 23.8 Å². The second kappa shape index (κ2) is 46.7. The number of rotatable bonds is 42. The van der Waals surface area contributed by atoms with Crippen molar-refractivity contribution in [3.8, 4) is 0 Å². The summed E-state index contributed by atoms with van der Waals surface area (Å²) in [6, 6.07) is 0. The highest BCUT2D eigenvalue weighted by Crippen LogP contribution is 2.12. The molecular weight excluding hydrogens is 693 g/mol. The van der Waals surface area contributed by atoms with Gasteiger partial charge in [0.15, 0.2) is 6.10 Å². The van der Waals surface area contributed by atoms with Crippen LogP contribution in [0.4, 0.5) is 0 Å². The fraction of sp³-hybridized carbons (Fsp3) is 0.725. The summed E-state index contributed by atoms with van der Waals surface area (Å²) in [4.78, 5) is 25.2. The maximum Gasteiger partial charge on any atom is 0.306 e. The molecule has 322 valence electrons. The molecule has 1 unspecified atom stereocenters. The molecule has 0 spiro atoms. The lowest BCUT2D eigenvalue weighted by Crippen LogP contribution is -2.30. The summed E-state index contributed by atoms with van der Waals surface area (Å²) in [5.74, 6) is -0.438. The minimum Gasteiger partial charge on any atom is -0.462 e. The van der Waals surface area contributed by atoms with Gasteiger partial charge in [0.25, 0.3) is 0 Å². The van der Waals surface area contributed by atoms with E-state index in [9.17, 15) is 9.59 Å². The zero-order valence-electron chi connectivity index (χ0n) is 36.9. The molecule has 5 nitrogen and oxygen atoms in total. The average molecular weight is 781 g/mol. The van der Waals surface area contributed by atoms with E-state index in [2.05, 4.69) is 93.7 Å². The maximum atomic E-state index is 12.6. The zero-order valence-corrected chi connectivity index (χ0v) is 36.9. The summed E-state index contributed by atoms with van der Waals surface area (Å²) < 4.78 is 17.3. The lowest BCUT2D eigenvalue weighted by Gasteiger charge is -2.18. The first-order valence-electron chi connectivity index (χ1n) is 23.5. The maximum absolute atomic E-state index is 12.6. The molecular formula is C51H88O5. The number of allylic oxidation sites excluding steroid dienone is 12. The van der Waals surface area contributed by atoms with Gasteiger partial charge in [0, 0.05) is 19.4 Å². The van der Waals surface area contributed by atoms with Crippen molar-refractivity contribution in [1.29, 1.82) is 0 Å². The molecule has 0 rings (SSSR count). The van der Waals surface area contributed by atoms with Crippen molar-refractivity contribution < 1.29 is 23.8 Å². The Bertz CT molecular complexity index is 1020. The molecule has 0 aromatic heterocycles. The van der Waals surface area contributed by atoms with E-state index in [0.29, 0.717) is 19.4 Å². The van der Waals surface area contributed by atoms with Gasteiger partial charge in [-0.15, -0.1) is 0 Å². The Morgan fingerprint density at radius 2 is 0.804 bits per heavy atom. The second-order valence-electron chi connectivity index (χ2n) is 15.3. The number of hydrogen-bond donors (Lipinski definition) is 0. The Kier molecular flexibility index (Phi) is 44.5. The Morgan fingerprint density at radius 3 is 1.32 bits per heavy atom. The van der Waals surface area contributed by atoms with E-state index in [1.54, 1.807) is 0 Å². The van der Waals surface area contributed by atoms with E-state index in [1.807, 2.05) is 0 Å². The van der Waals surface area contributed by atoms with E-state index in [0.717, 1.165) is 96.3 Å². The Hall–Kier alpha value is -2.66. The summed E-state index contributed by atoms with van der Waals surface area (Å²) >= 11 is 0. The Morgan fingerprint density at radius 1 is 0.411 bits per heavy atom. The number of ether oxygens (including phenoxy) is 3. The first-order chi connectivity index (χ1) is 27.6. The van der Waals surface area contributed by atoms with Gasteiger partial charge in [0.05, 0.1) is 6.61 Å². The highest BCUT2D eigenvalue weighted by atomic mass is 16.6. The van der Waals surface area contributed by atoms with E-state index >= 15 is 0 Å². The smallest absolute Gasteiger partial charge is 0.306 e. The van der Waals surface area contributed by atoms with Crippen LogP contribution in [0.25, 0.3) is 0 Å². The van der Waals surface area contributed by atoms with Crippen molar-refractivity contribution in [2.75, 3.05) is 19.8 Å². The summed E-state index contributed by atoms with van der Waals surface area (Å²) in [6.45, 7) is 7.60. The van der Waals surface area contributed by atoms with Crippen molar-refractivity contribution in [2.24, 2.45) is 0 Å². The van der Waals surface area contributed by atoms with E-state index in [1.165, 1.54) is 83.5 Å². The SMILES string of the molecule is CC/C=C\C/C=C\C/C=C\C/C=C\CCCCCCC(=O)OCC(COCCCCCCCC/C=C\C/C=C\CCCCC)OC(=O)CCCCCCCCC. The summed E-state index contributed by atoms with van der Waals surface area (Å²) in [7, 11) is 0. The third-order valence-electron chi connectivity index (χ3n) is 9.73.